The normalized spacial score (nSPS) is 30.9. The summed E-state index contributed by atoms with van der Waals surface area (Å²) in [5.41, 5.74) is 0. The van der Waals surface area contributed by atoms with Gasteiger partial charge in [0.1, 0.15) is 0 Å². The SMILES string of the molecule is CC(=O)[C@H]1CCC/C=C/[C@@H]2C[C@H](O[Si](C)(C)C(C)(C)C)C[C@H]2[C@H](O[Si](C)(C)C(C)(C)C)/C=C/C(=O)O1. The number of Topliss-reactive ketones (excluding diaryl/α,β-unsaturated/α-hetero) is 1. The predicted octanol–water partition coefficient (Wildman–Crippen LogP) is 7.59. The van der Waals surface area contributed by atoms with E-state index in [1.807, 2.05) is 6.08 Å². The molecule has 0 unspecified atom stereocenters. The number of fused-ring (bicyclic) bond motifs is 1. The van der Waals surface area contributed by atoms with E-state index in [0.29, 0.717) is 12.3 Å². The Morgan fingerprint density at radius 3 is 2.08 bits per heavy atom. The Morgan fingerprint density at radius 1 is 0.944 bits per heavy atom. The Kier molecular flexibility index (Phi) is 10.2. The summed E-state index contributed by atoms with van der Waals surface area (Å²) in [7, 11) is -4.03. The van der Waals surface area contributed by atoms with E-state index in [1.54, 1.807) is 0 Å². The van der Waals surface area contributed by atoms with Gasteiger partial charge in [-0.3, -0.25) is 4.79 Å². The molecule has 7 heteroatoms. The van der Waals surface area contributed by atoms with Crippen molar-refractivity contribution < 1.29 is 23.2 Å². The number of ketones is 1. The first kappa shape index (κ1) is 31.2. The lowest BCUT2D eigenvalue weighted by molar-refractivity contribution is -0.150. The fourth-order valence-corrected chi connectivity index (χ4v) is 7.18. The third kappa shape index (κ3) is 8.24. The number of carbonyl (C=O) groups is 2. The molecule has 0 aromatic carbocycles. The molecule has 1 aliphatic heterocycles. The summed E-state index contributed by atoms with van der Waals surface area (Å²) in [6.45, 7) is 24.2. The third-order valence-corrected chi connectivity index (χ3v) is 17.9. The molecule has 0 aromatic heterocycles. The molecular formula is C29H52O5Si2. The van der Waals surface area contributed by atoms with Gasteiger partial charge in [-0.1, -0.05) is 53.7 Å². The minimum Gasteiger partial charge on any atom is -0.451 e. The number of allylic oxidation sites excluding steroid dienone is 2. The van der Waals surface area contributed by atoms with Crippen LogP contribution in [-0.4, -0.2) is 46.7 Å². The highest BCUT2D eigenvalue weighted by atomic mass is 28.4. The van der Waals surface area contributed by atoms with E-state index in [2.05, 4.69) is 79.9 Å². The van der Waals surface area contributed by atoms with Crippen molar-refractivity contribution in [3.05, 3.63) is 24.3 Å². The summed E-state index contributed by atoms with van der Waals surface area (Å²) in [6.07, 6.45) is 11.4. The summed E-state index contributed by atoms with van der Waals surface area (Å²) < 4.78 is 19.4. The Hall–Kier alpha value is -1.03. The van der Waals surface area contributed by atoms with Crippen LogP contribution in [0.1, 0.15) is 80.6 Å². The maximum Gasteiger partial charge on any atom is 0.331 e. The van der Waals surface area contributed by atoms with Gasteiger partial charge in [-0.15, -0.1) is 0 Å². The lowest BCUT2D eigenvalue weighted by Gasteiger charge is -2.41. The van der Waals surface area contributed by atoms with E-state index < -0.39 is 28.7 Å². The van der Waals surface area contributed by atoms with Crippen molar-refractivity contribution in [3.8, 4) is 0 Å². The fraction of sp³-hybridized carbons (Fsp3) is 0.793. The Balaban J connectivity index is 2.42. The van der Waals surface area contributed by atoms with Crippen molar-refractivity contribution in [2.24, 2.45) is 11.8 Å². The second kappa shape index (κ2) is 11.8. The average Bonchev–Trinajstić information content (AvgIpc) is 3.09. The van der Waals surface area contributed by atoms with E-state index in [4.69, 9.17) is 13.6 Å². The summed E-state index contributed by atoms with van der Waals surface area (Å²) in [5.74, 6) is -0.0277. The molecule has 0 amide bonds. The number of rotatable bonds is 5. The maximum absolute atomic E-state index is 12.7. The first-order chi connectivity index (χ1) is 16.3. The Labute approximate surface area is 222 Å². The Bertz CT molecular complexity index is 832. The highest BCUT2D eigenvalue weighted by Crippen LogP contribution is 2.46. The minimum atomic E-state index is -2.12. The van der Waals surface area contributed by atoms with Crippen LogP contribution in [0, 0.1) is 11.8 Å². The summed E-state index contributed by atoms with van der Waals surface area (Å²) in [4.78, 5) is 24.7. The van der Waals surface area contributed by atoms with Crippen LogP contribution in [0.2, 0.25) is 36.3 Å². The smallest absolute Gasteiger partial charge is 0.331 e. The Morgan fingerprint density at radius 2 is 1.53 bits per heavy atom. The van der Waals surface area contributed by atoms with Crippen molar-refractivity contribution in [2.45, 2.75) is 135 Å². The number of hydrogen-bond donors (Lipinski definition) is 0. The van der Waals surface area contributed by atoms with Crippen LogP contribution in [0.25, 0.3) is 0 Å². The molecule has 0 bridgehead atoms. The molecule has 206 valence electrons. The lowest BCUT2D eigenvalue weighted by atomic mass is 9.90. The topological polar surface area (TPSA) is 61.8 Å². The van der Waals surface area contributed by atoms with Crippen molar-refractivity contribution in [2.75, 3.05) is 0 Å². The first-order valence-electron chi connectivity index (χ1n) is 13.8. The number of cyclic esters (lactones) is 1. The summed E-state index contributed by atoms with van der Waals surface area (Å²) in [5, 5.41) is 0.199. The van der Waals surface area contributed by atoms with Crippen molar-refractivity contribution in [1.82, 2.24) is 0 Å². The van der Waals surface area contributed by atoms with Gasteiger partial charge in [-0.25, -0.2) is 4.79 Å². The van der Waals surface area contributed by atoms with Crippen LogP contribution in [-0.2, 0) is 23.2 Å². The standard InChI is InChI=1S/C29H52O5Si2/c1-21(30)25-16-14-12-13-15-22-19-23(33-35(8,9)28(2,3)4)20-24(22)26(17-18-27(31)32-25)34-36(10,11)29(5,6)7/h13,15,17-18,22-26H,12,14,16,19-20H2,1-11H3/b15-13+,18-17+/t22-,23+,24-,25-,26-/m1/s1. The van der Waals surface area contributed by atoms with Gasteiger partial charge in [-0.05, 0) is 93.2 Å². The van der Waals surface area contributed by atoms with E-state index in [1.165, 1.54) is 13.0 Å². The van der Waals surface area contributed by atoms with Crippen molar-refractivity contribution in [1.29, 1.82) is 0 Å². The van der Waals surface area contributed by atoms with Gasteiger partial charge in [-0.2, -0.15) is 0 Å². The van der Waals surface area contributed by atoms with Gasteiger partial charge in [0.2, 0.25) is 0 Å². The fourth-order valence-electron chi connectivity index (χ4n) is 4.52. The van der Waals surface area contributed by atoms with E-state index in [9.17, 15) is 9.59 Å². The molecule has 2 rings (SSSR count). The molecule has 0 aromatic rings. The van der Waals surface area contributed by atoms with Crippen LogP contribution in [0.15, 0.2) is 24.3 Å². The first-order valence-corrected chi connectivity index (χ1v) is 19.6. The van der Waals surface area contributed by atoms with E-state index in [-0.39, 0.29) is 34.0 Å². The summed E-state index contributed by atoms with van der Waals surface area (Å²) >= 11 is 0. The largest absolute Gasteiger partial charge is 0.451 e. The molecule has 5 nitrogen and oxygen atoms in total. The quantitative estimate of drug-likeness (QED) is 0.206. The van der Waals surface area contributed by atoms with Gasteiger partial charge in [0.15, 0.2) is 28.5 Å². The van der Waals surface area contributed by atoms with Gasteiger partial charge < -0.3 is 13.6 Å². The minimum absolute atomic E-state index is 0.0449. The van der Waals surface area contributed by atoms with Gasteiger partial charge in [0.05, 0.1) is 6.10 Å². The molecular weight excluding hydrogens is 484 g/mol. The molecule has 36 heavy (non-hydrogen) atoms. The van der Waals surface area contributed by atoms with Gasteiger partial charge in [0.25, 0.3) is 0 Å². The lowest BCUT2D eigenvalue weighted by Crippen LogP contribution is -2.46. The molecule has 0 spiro atoms. The van der Waals surface area contributed by atoms with Crippen LogP contribution < -0.4 is 0 Å². The van der Waals surface area contributed by atoms with Crippen LogP contribution in [0.3, 0.4) is 0 Å². The monoisotopic (exact) mass is 536 g/mol. The van der Waals surface area contributed by atoms with Crippen LogP contribution >= 0.6 is 0 Å². The van der Waals surface area contributed by atoms with E-state index >= 15 is 0 Å². The molecule has 1 saturated carbocycles. The average molecular weight is 537 g/mol. The molecule has 1 aliphatic carbocycles. The predicted molar refractivity (Wildman–Crippen MR) is 153 cm³/mol. The van der Waals surface area contributed by atoms with Crippen LogP contribution in [0.5, 0.6) is 0 Å². The molecule has 2 aliphatic rings. The third-order valence-electron chi connectivity index (χ3n) is 8.90. The molecule has 0 radical (unpaired) electrons. The number of esters is 1. The second-order valence-electron chi connectivity index (χ2n) is 13.9. The molecule has 1 heterocycles. The zero-order chi connectivity index (χ0) is 27.5. The molecule has 5 atom stereocenters. The highest BCUT2D eigenvalue weighted by molar-refractivity contribution is 6.74. The van der Waals surface area contributed by atoms with E-state index in [0.717, 1.165) is 25.7 Å². The molecule has 0 saturated heterocycles. The number of ether oxygens (including phenoxy) is 1. The highest BCUT2D eigenvalue weighted by Gasteiger charge is 2.47. The zero-order valence-corrected chi connectivity index (χ0v) is 26.8. The second-order valence-corrected chi connectivity index (χ2v) is 23.4. The number of carbonyl (C=O) groups excluding carboxylic acids is 2. The van der Waals surface area contributed by atoms with Gasteiger partial charge in [0, 0.05) is 12.2 Å². The summed E-state index contributed by atoms with van der Waals surface area (Å²) in [6, 6.07) is 0. The van der Waals surface area contributed by atoms with Crippen molar-refractivity contribution in [3.63, 3.8) is 0 Å². The van der Waals surface area contributed by atoms with Crippen LogP contribution in [0.4, 0.5) is 0 Å². The maximum atomic E-state index is 12.7. The molecule has 1 fully saturated rings. The molecule has 0 N–H and O–H groups in total. The van der Waals surface area contributed by atoms with Gasteiger partial charge >= 0.3 is 5.97 Å². The zero-order valence-electron chi connectivity index (χ0n) is 24.8. The van der Waals surface area contributed by atoms with Crippen molar-refractivity contribution >= 4 is 28.4 Å². The number of hydrogen-bond acceptors (Lipinski definition) is 5.